The molecule has 0 saturated heterocycles. The molecule has 24 heavy (non-hydrogen) atoms. The molecular weight excluding hydrogens is 407 g/mol. The van der Waals surface area contributed by atoms with E-state index in [1.54, 1.807) is 6.07 Å². The van der Waals surface area contributed by atoms with Crippen molar-refractivity contribution < 1.29 is 13.2 Å². The number of hydrogen-bond donors (Lipinski definition) is 0. The van der Waals surface area contributed by atoms with E-state index in [0.717, 1.165) is 12.1 Å². The van der Waals surface area contributed by atoms with Gasteiger partial charge in [0.25, 0.3) is 0 Å². The van der Waals surface area contributed by atoms with Gasteiger partial charge in [0.05, 0.1) is 22.9 Å². The number of nitriles is 1. The minimum Gasteiger partial charge on any atom is -0.285 e. The van der Waals surface area contributed by atoms with Crippen LogP contribution in [-0.2, 0) is 0 Å². The number of halogens is 5. The summed E-state index contributed by atoms with van der Waals surface area (Å²) in [5, 5.41) is 8.65. The number of aromatic nitrogens is 2. The largest absolute Gasteiger partial charge is 0.285 e. The zero-order valence-corrected chi connectivity index (χ0v) is 14.0. The van der Waals surface area contributed by atoms with E-state index in [0.29, 0.717) is 5.69 Å². The highest BCUT2D eigenvalue weighted by molar-refractivity contribution is 9.10. The minimum absolute atomic E-state index is 0.0466. The average molecular weight is 413 g/mol. The quantitative estimate of drug-likeness (QED) is 0.577. The number of rotatable bonds is 2. The van der Waals surface area contributed by atoms with E-state index in [1.165, 1.54) is 28.8 Å². The van der Waals surface area contributed by atoms with Gasteiger partial charge in [0.2, 0.25) is 0 Å². The summed E-state index contributed by atoms with van der Waals surface area (Å²) in [6.45, 7) is 0. The molecule has 3 nitrogen and oxygen atoms in total. The Hall–Kier alpha value is -2.30. The van der Waals surface area contributed by atoms with Crippen LogP contribution in [0.4, 0.5) is 13.2 Å². The molecule has 0 radical (unpaired) electrons. The van der Waals surface area contributed by atoms with Crippen molar-refractivity contribution in [3.63, 3.8) is 0 Å². The first-order valence-electron chi connectivity index (χ1n) is 6.51. The lowest BCUT2D eigenvalue weighted by Crippen LogP contribution is -2.01. The number of nitrogens with zero attached hydrogens (tertiary/aromatic N) is 3. The van der Waals surface area contributed by atoms with Gasteiger partial charge in [0.15, 0.2) is 9.89 Å². The molecule has 0 saturated carbocycles. The van der Waals surface area contributed by atoms with Crippen LogP contribution in [0.15, 0.2) is 41.1 Å². The van der Waals surface area contributed by atoms with Gasteiger partial charge in [-0.1, -0.05) is 11.6 Å². The van der Waals surface area contributed by atoms with E-state index in [4.69, 9.17) is 16.9 Å². The van der Waals surface area contributed by atoms with Gasteiger partial charge >= 0.3 is 0 Å². The van der Waals surface area contributed by atoms with Crippen LogP contribution in [0.3, 0.4) is 0 Å². The van der Waals surface area contributed by atoms with Crippen LogP contribution in [-0.4, -0.2) is 9.55 Å². The van der Waals surface area contributed by atoms with Crippen molar-refractivity contribution in [1.29, 1.82) is 5.26 Å². The highest BCUT2D eigenvalue weighted by Crippen LogP contribution is 2.37. The molecule has 0 spiro atoms. The minimum atomic E-state index is -0.954. The molecule has 1 heterocycles. The van der Waals surface area contributed by atoms with Gasteiger partial charge in [-0.25, -0.2) is 18.2 Å². The fraction of sp³-hybridized carbons (Fsp3) is 0. The second kappa shape index (κ2) is 6.30. The van der Waals surface area contributed by atoms with Gasteiger partial charge in [-0.3, -0.25) is 4.57 Å². The lowest BCUT2D eigenvalue weighted by atomic mass is 10.1. The Labute approximate surface area is 148 Å². The summed E-state index contributed by atoms with van der Waals surface area (Å²) in [7, 11) is 0. The molecule has 8 heteroatoms. The third-order valence-electron chi connectivity index (χ3n) is 3.29. The topological polar surface area (TPSA) is 41.6 Å². The SMILES string of the molecule is N#Cc1cc(F)c(-c2c(Cl)nc(Br)n2-c2ccc(F)cc2)c(F)c1. The first kappa shape index (κ1) is 16.6. The van der Waals surface area contributed by atoms with Gasteiger partial charge in [-0.05, 0) is 52.3 Å². The second-order valence-electron chi connectivity index (χ2n) is 4.76. The molecule has 0 fully saturated rings. The highest BCUT2D eigenvalue weighted by atomic mass is 79.9. The average Bonchev–Trinajstić information content (AvgIpc) is 2.82. The molecule has 0 atom stereocenters. The molecule has 3 rings (SSSR count). The van der Waals surface area contributed by atoms with Crippen molar-refractivity contribution in [3.8, 4) is 23.0 Å². The maximum absolute atomic E-state index is 14.4. The molecule has 0 N–H and O–H groups in total. The van der Waals surface area contributed by atoms with Gasteiger partial charge in [-0.2, -0.15) is 5.26 Å². The van der Waals surface area contributed by atoms with Crippen molar-refractivity contribution >= 4 is 27.5 Å². The standard InChI is InChI=1S/C16H6BrClF3N3/c17-16-23-15(18)14(24(16)10-3-1-9(19)2-4-10)13-11(20)5-8(7-22)6-12(13)21/h1-6H. The Bertz CT molecular complexity index is 954. The summed E-state index contributed by atoms with van der Waals surface area (Å²) < 4.78 is 43.4. The first-order chi connectivity index (χ1) is 11.4. The zero-order valence-electron chi connectivity index (χ0n) is 11.7. The van der Waals surface area contributed by atoms with Crippen LogP contribution in [0.25, 0.3) is 16.9 Å². The van der Waals surface area contributed by atoms with Crippen LogP contribution in [0, 0.1) is 28.8 Å². The molecule has 3 aromatic rings. The Kier molecular flexibility index (Phi) is 4.35. The Morgan fingerprint density at radius 1 is 1.08 bits per heavy atom. The number of benzene rings is 2. The first-order valence-corrected chi connectivity index (χ1v) is 7.68. The van der Waals surface area contributed by atoms with E-state index >= 15 is 0 Å². The second-order valence-corrected chi connectivity index (χ2v) is 5.83. The molecule has 2 aromatic carbocycles. The predicted octanol–water partition coefficient (Wildman–Crippen LogP) is 5.24. The normalized spacial score (nSPS) is 10.7. The predicted molar refractivity (Wildman–Crippen MR) is 86.3 cm³/mol. The van der Waals surface area contributed by atoms with Crippen LogP contribution in [0.1, 0.15) is 5.56 Å². The van der Waals surface area contributed by atoms with E-state index in [1.807, 2.05) is 0 Å². The van der Waals surface area contributed by atoms with Crippen LogP contribution >= 0.6 is 27.5 Å². The molecule has 0 aliphatic carbocycles. The molecule has 0 unspecified atom stereocenters. The summed E-state index contributed by atoms with van der Waals surface area (Å²) in [6, 6.07) is 8.72. The van der Waals surface area contributed by atoms with Crippen molar-refractivity contribution in [2.45, 2.75) is 0 Å². The summed E-state index contributed by atoms with van der Waals surface area (Å²) in [5.74, 6) is -2.37. The molecular formula is C16H6BrClF3N3. The van der Waals surface area contributed by atoms with Gasteiger partial charge in [-0.15, -0.1) is 0 Å². The van der Waals surface area contributed by atoms with E-state index < -0.39 is 23.0 Å². The third-order valence-corrected chi connectivity index (χ3v) is 4.08. The zero-order chi connectivity index (χ0) is 17.4. The van der Waals surface area contributed by atoms with Crippen LogP contribution in [0.2, 0.25) is 5.15 Å². The maximum atomic E-state index is 14.4. The van der Waals surface area contributed by atoms with Crippen molar-refractivity contribution in [2.24, 2.45) is 0 Å². The summed E-state index contributed by atoms with van der Waals surface area (Å²) in [5.41, 5.74) is -0.228. The van der Waals surface area contributed by atoms with E-state index in [2.05, 4.69) is 20.9 Å². The highest BCUT2D eigenvalue weighted by Gasteiger charge is 2.24. The Morgan fingerprint density at radius 2 is 1.67 bits per heavy atom. The van der Waals surface area contributed by atoms with E-state index in [9.17, 15) is 13.2 Å². The van der Waals surface area contributed by atoms with Gasteiger partial charge < -0.3 is 0 Å². The molecule has 1 aromatic heterocycles. The molecule has 120 valence electrons. The monoisotopic (exact) mass is 411 g/mol. The molecule has 0 amide bonds. The third kappa shape index (κ3) is 2.79. The van der Waals surface area contributed by atoms with Crippen LogP contribution in [0.5, 0.6) is 0 Å². The van der Waals surface area contributed by atoms with Crippen molar-refractivity contribution in [2.75, 3.05) is 0 Å². The van der Waals surface area contributed by atoms with Gasteiger partial charge in [0, 0.05) is 5.69 Å². The Balaban J connectivity index is 2.31. The summed E-state index contributed by atoms with van der Waals surface area (Å²) in [4.78, 5) is 3.96. The van der Waals surface area contributed by atoms with Crippen molar-refractivity contribution in [3.05, 3.63) is 69.3 Å². The lowest BCUT2D eigenvalue weighted by Gasteiger charge is -2.12. The smallest absolute Gasteiger partial charge is 0.183 e. The van der Waals surface area contributed by atoms with Gasteiger partial charge in [0.1, 0.15) is 17.5 Å². The Morgan fingerprint density at radius 3 is 2.21 bits per heavy atom. The summed E-state index contributed by atoms with van der Waals surface area (Å²) in [6.07, 6.45) is 0. The molecule has 0 bridgehead atoms. The lowest BCUT2D eigenvalue weighted by molar-refractivity contribution is 0.587. The number of hydrogen-bond acceptors (Lipinski definition) is 2. The summed E-state index contributed by atoms with van der Waals surface area (Å²) >= 11 is 9.22. The maximum Gasteiger partial charge on any atom is 0.183 e. The number of imidazole rings is 1. The fourth-order valence-corrected chi connectivity index (χ4v) is 3.19. The fourth-order valence-electron chi connectivity index (χ4n) is 2.27. The van der Waals surface area contributed by atoms with E-state index in [-0.39, 0.29) is 21.1 Å². The molecule has 0 aliphatic heterocycles. The molecule has 0 aliphatic rings. The van der Waals surface area contributed by atoms with Crippen molar-refractivity contribution in [1.82, 2.24) is 9.55 Å². The van der Waals surface area contributed by atoms with Crippen LogP contribution < -0.4 is 0 Å².